The Labute approximate surface area is 167 Å². The molecule has 2 aromatic heterocycles. The van der Waals surface area contributed by atoms with Crippen LogP contribution in [-0.4, -0.2) is 41.8 Å². The number of carbonyl (C=O) groups is 2. The van der Waals surface area contributed by atoms with E-state index in [9.17, 15) is 9.59 Å². The largest absolute Gasteiger partial charge is 0.476 e. The van der Waals surface area contributed by atoms with Gasteiger partial charge in [0.15, 0.2) is 5.69 Å². The van der Waals surface area contributed by atoms with Gasteiger partial charge >= 0.3 is 5.97 Å². The normalized spacial score (nSPS) is 14.7. The van der Waals surface area contributed by atoms with Crippen molar-refractivity contribution in [1.29, 1.82) is 0 Å². The number of hydrogen-bond donors (Lipinski definition) is 2. The molecule has 1 saturated carbocycles. The van der Waals surface area contributed by atoms with Gasteiger partial charge in [0, 0.05) is 24.8 Å². The van der Waals surface area contributed by atoms with Crippen LogP contribution in [-0.2, 0) is 7.05 Å². The van der Waals surface area contributed by atoms with Gasteiger partial charge in [0.25, 0.3) is 5.91 Å². The lowest BCUT2D eigenvalue weighted by Crippen LogP contribution is -2.16. The highest BCUT2D eigenvalue weighted by Crippen LogP contribution is 2.33. The van der Waals surface area contributed by atoms with Crippen molar-refractivity contribution in [3.05, 3.63) is 53.6 Å². The third kappa shape index (κ3) is 4.03. The van der Waals surface area contributed by atoms with Gasteiger partial charge < -0.3 is 10.4 Å². The summed E-state index contributed by atoms with van der Waals surface area (Å²) < 4.78 is 3.05. The van der Waals surface area contributed by atoms with E-state index in [-0.39, 0.29) is 11.6 Å². The number of aryl methyl sites for hydroxylation is 1. The Morgan fingerprint density at radius 1 is 1.17 bits per heavy atom. The maximum atomic E-state index is 13.0. The standard InChI is InChI=1S/C20H22N6O3/c1-25-11-16(18(23-25)13-6-3-2-4-7-13)19(27)21-14-8-5-9-15(10-14)26-12-17(20(28)29)22-24-26/h5,8-13H,2-4,6-7H2,1H3,(H,21,27)(H,28,29). The molecule has 0 radical (unpaired) electrons. The van der Waals surface area contributed by atoms with Crippen LogP contribution in [0.2, 0.25) is 0 Å². The zero-order valence-corrected chi connectivity index (χ0v) is 16.1. The molecule has 9 heteroatoms. The third-order valence-corrected chi connectivity index (χ3v) is 5.17. The summed E-state index contributed by atoms with van der Waals surface area (Å²) in [5.74, 6) is -1.03. The molecule has 0 bridgehead atoms. The molecule has 0 saturated heterocycles. The van der Waals surface area contributed by atoms with Crippen molar-refractivity contribution in [2.45, 2.75) is 38.0 Å². The van der Waals surface area contributed by atoms with Crippen LogP contribution < -0.4 is 5.32 Å². The number of anilines is 1. The van der Waals surface area contributed by atoms with Gasteiger partial charge in [-0.2, -0.15) is 5.10 Å². The second kappa shape index (κ2) is 7.86. The topological polar surface area (TPSA) is 115 Å². The molecule has 0 unspecified atom stereocenters. The average Bonchev–Trinajstić information content (AvgIpc) is 3.36. The average molecular weight is 394 g/mol. The van der Waals surface area contributed by atoms with E-state index in [1.54, 1.807) is 35.1 Å². The number of carboxylic acid groups (broad SMARTS) is 1. The van der Waals surface area contributed by atoms with Crippen LogP contribution in [0.3, 0.4) is 0 Å². The highest BCUT2D eigenvalue weighted by Gasteiger charge is 2.25. The monoisotopic (exact) mass is 394 g/mol. The number of rotatable bonds is 5. The minimum absolute atomic E-state index is 0.146. The number of aromatic carboxylic acids is 1. The lowest BCUT2D eigenvalue weighted by Gasteiger charge is -2.20. The Morgan fingerprint density at radius 3 is 2.69 bits per heavy atom. The van der Waals surface area contributed by atoms with Crippen molar-refractivity contribution in [2.75, 3.05) is 5.32 Å². The van der Waals surface area contributed by atoms with Crippen LogP contribution in [0.5, 0.6) is 0 Å². The Morgan fingerprint density at radius 2 is 1.97 bits per heavy atom. The van der Waals surface area contributed by atoms with Gasteiger partial charge in [-0.15, -0.1) is 5.10 Å². The number of hydrogen-bond acceptors (Lipinski definition) is 5. The zero-order valence-electron chi connectivity index (χ0n) is 16.1. The maximum Gasteiger partial charge on any atom is 0.358 e. The van der Waals surface area contributed by atoms with Crippen LogP contribution in [0.15, 0.2) is 36.7 Å². The first-order valence-electron chi connectivity index (χ1n) is 9.62. The summed E-state index contributed by atoms with van der Waals surface area (Å²) in [4.78, 5) is 24.0. The minimum atomic E-state index is -1.15. The van der Waals surface area contributed by atoms with Crippen LogP contribution in [0, 0.1) is 0 Å². The van der Waals surface area contributed by atoms with Gasteiger partial charge in [0.05, 0.1) is 23.1 Å². The van der Waals surface area contributed by atoms with Crippen molar-refractivity contribution in [2.24, 2.45) is 7.05 Å². The molecule has 0 aliphatic heterocycles. The molecule has 1 aliphatic carbocycles. The minimum Gasteiger partial charge on any atom is -0.476 e. The molecule has 150 valence electrons. The van der Waals surface area contributed by atoms with E-state index in [1.165, 1.54) is 30.1 Å². The molecule has 9 nitrogen and oxygen atoms in total. The summed E-state index contributed by atoms with van der Waals surface area (Å²) in [6.45, 7) is 0. The molecule has 2 heterocycles. The summed E-state index contributed by atoms with van der Waals surface area (Å²) in [7, 11) is 1.83. The van der Waals surface area contributed by atoms with Gasteiger partial charge in [0.2, 0.25) is 0 Å². The van der Waals surface area contributed by atoms with Gasteiger partial charge in [-0.05, 0) is 31.0 Å². The number of aromatic nitrogens is 5. The van der Waals surface area contributed by atoms with E-state index >= 15 is 0 Å². The fraction of sp³-hybridized carbons (Fsp3) is 0.350. The van der Waals surface area contributed by atoms with E-state index in [1.807, 2.05) is 7.05 Å². The van der Waals surface area contributed by atoms with E-state index in [2.05, 4.69) is 20.7 Å². The molecule has 29 heavy (non-hydrogen) atoms. The molecular formula is C20H22N6O3. The maximum absolute atomic E-state index is 13.0. The first-order valence-corrected chi connectivity index (χ1v) is 9.62. The second-order valence-electron chi connectivity index (χ2n) is 7.29. The Balaban J connectivity index is 1.55. The molecule has 4 rings (SSSR count). The first-order chi connectivity index (χ1) is 14.0. The van der Waals surface area contributed by atoms with Crippen molar-refractivity contribution in [3.63, 3.8) is 0 Å². The summed E-state index contributed by atoms with van der Waals surface area (Å²) >= 11 is 0. The van der Waals surface area contributed by atoms with E-state index in [0.717, 1.165) is 18.5 Å². The molecule has 1 aromatic carbocycles. The number of carboxylic acids is 1. The van der Waals surface area contributed by atoms with E-state index in [4.69, 9.17) is 5.11 Å². The van der Waals surface area contributed by atoms with Crippen molar-refractivity contribution in [1.82, 2.24) is 24.8 Å². The van der Waals surface area contributed by atoms with Crippen LogP contribution in [0.25, 0.3) is 5.69 Å². The van der Waals surface area contributed by atoms with Gasteiger partial charge in [0.1, 0.15) is 0 Å². The quantitative estimate of drug-likeness (QED) is 0.687. The van der Waals surface area contributed by atoms with Gasteiger partial charge in [-0.1, -0.05) is 30.5 Å². The SMILES string of the molecule is Cn1cc(C(=O)Nc2cccc(-n3cc(C(=O)O)nn3)c2)c(C2CCCCC2)n1. The Kier molecular flexibility index (Phi) is 5.11. The van der Waals surface area contributed by atoms with E-state index < -0.39 is 5.97 Å². The lowest BCUT2D eigenvalue weighted by atomic mass is 9.85. The van der Waals surface area contributed by atoms with Crippen molar-refractivity contribution < 1.29 is 14.7 Å². The van der Waals surface area contributed by atoms with Crippen LogP contribution in [0.1, 0.15) is 64.6 Å². The van der Waals surface area contributed by atoms with Crippen LogP contribution in [0.4, 0.5) is 5.69 Å². The fourth-order valence-corrected chi connectivity index (χ4v) is 3.77. The van der Waals surface area contributed by atoms with Gasteiger partial charge in [-0.3, -0.25) is 9.48 Å². The molecule has 3 aromatic rings. The summed E-state index contributed by atoms with van der Waals surface area (Å²) in [5.41, 5.74) is 2.49. The summed E-state index contributed by atoms with van der Waals surface area (Å²) in [6.07, 6.45) is 8.78. The molecule has 0 atom stereocenters. The van der Waals surface area contributed by atoms with Crippen molar-refractivity contribution in [3.8, 4) is 5.69 Å². The predicted molar refractivity (Wildman–Crippen MR) is 105 cm³/mol. The van der Waals surface area contributed by atoms with Crippen LogP contribution >= 0.6 is 0 Å². The molecular weight excluding hydrogens is 372 g/mol. The van der Waals surface area contributed by atoms with Crippen molar-refractivity contribution >= 4 is 17.6 Å². The fourth-order valence-electron chi connectivity index (χ4n) is 3.77. The number of nitrogens with one attached hydrogen (secondary N) is 1. The zero-order chi connectivity index (χ0) is 20.4. The second-order valence-corrected chi connectivity index (χ2v) is 7.29. The molecule has 2 N–H and O–H groups in total. The summed E-state index contributed by atoms with van der Waals surface area (Å²) in [6, 6.07) is 7.01. The molecule has 1 amide bonds. The number of benzene rings is 1. The molecule has 1 aliphatic rings. The highest BCUT2D eigenvalue weighted by atomic mass is 16.4. The molecule has 1 fully saturated rings. The number of amides is 1. The predicted octanol–water partition coefficient (Wildman–Crippen LogP) is 3.00. The first kappa shape index (κ1) is 18.9. The molecule has 0 spiro atoms. The third-order valence-electron chi connectivity index (χ3n) is 5.17. The van der Waals surface area contributed by atoms with E-state index in [0.29, 0.717) is 22.9 Å². The smallest absolute Gasteiger partial charge is 0.358 e. The number of carbonyl (C=O) groups excluding carboxylic acids is 1. The number of nitrogens with zero attached hydrogens (tertiary/aromatic N) is 5. The van der Waals surface area contributed by atoms with Gasteiger partial charge in [-0.25, -0.2) is 9.48 Å². The lowest BCUT2D eigenvalue weighted by molar-refractivity contribution is 0.0690. The highest BCUT2D eigenvalue weighted by molar-refractivity contribution is 6.05. The Bertz CT molecular complexity index is 1050. The Hall–Kier alpha value is -3.49. The summed E-state index contributed by atoms with van der Waals surface area (Å²) in [5, 5.41) is 23.9.